The van der Waals surface area contributed by atoms with Crippen LogP contribution in [-0.4, -0.2) is 54.6 Å². The first-order valence-corrected chi connectivity index (χ1v) is 13.0. The van der Waals surface area contributed by atoms with Gasteiger partial charge in [0.25, 0.3) is 0 Å². The number of allylic oxidation sites excluding steroid dienone is 1. The summed E-state index contributed by atoms with van der Waals surface area (Å²) in [5, 5.41) is 58.4. The van der Waals surface area contributed by atoms with Crippen molar-refractivity contribution in [1.29, 1.82) is 0 Å². The molecule has 0 aliphatic heterocycles. The maximum absolute atomic E-state index is 14.4. The van der Waals surface area contributed by atoms with Gasteiger partial charge in [0.05, 0.1) is 17.2 Å². The molecular weight excluding hydrogens is 488 g/mol. The standard InChI is InChI=1S/C30H38O8/c1-12(2)19-22(33)17(14(4)31)24(35)30(38)25(36)20-23(34)18-15(10-11-16(21(18)32)27(5,6)7)13(3)28(20,8)26(37)29(19,30)9/h10-13,19,26,32,34-35,37-38H,1-9H3/t13-,19?,26-,28+,29+,30+/m1/s1. The first kappa shape index (κ1) is 28.0. The zero-order valence-electron chi connectivity index (χ0n) is 23.4. The molecule has 0 amide bonds. The fraction of sp³-hybridized carbons (Fsp3) is 0.567. The molecule has 8 nitrogen and oxygen atoms in total. The quantitative estimate of drug-likeness (QED) is 0.362. The monoisotopic (exact) mass is 526 g/mol. The number of hydrogen-bond donors (Lipinski definition) is 5. The highest BCUT2D eigenvalue weighted by Crippen LogP contribution is 2.67. The largest absolute Gasteiger partial charge is 0.508 e. The number of carbonyl (C=O) groups is 3. The highest BCUT2D eigenvalue weighted by Gasteiger charge is 2.77. The van der Waals surface area contributed by atoms with Gasteiger partial charge >= 0.3 is 0 Å². The second-order valence-corrected chi connectivity index (χ2v) is 13.0. The molecule has 1 aromatic rings. The Morgan fingerprint density at radius 1 is 1.05 bits per heavy atom. The van der Waals surface area contributed by atoms with E-state index in [1.807, 2.05) is 20.8 Å². The fourth-order valence-corrected chi connectivity index (χ4v) is 7.53. The van der Waals surface area contributed by atoms with Crippen molar-refractivity contribution in [3.8, 4) is 5.75 Å². The highest BCUT2D eigenvalue weighted by molar-refractivity contribution is 6.24. The van der Waals surface area contributed by atoms with E-state index in [9.17, 15) is 39.9 Å². The molecule has 0 radical (unpaired) electrons. The van der Waals surface area contributed by atoms with Crippen LogP contribution in [-0.2, 0) is 19.8 Å². The second-order valence-electron chi connectivity index (χ2n) is 13.0. The Hall–Kier alpha value is -2.97. The number of Topliss-reactive ketones (excluding diaryl/α,β-unsaturated/α-hetero) is 3. The summed E-state index contributed by atoms with van der Waals surface area (Å²) in [7, 11) is 0. The van der Waals surface area contributed by atoms with Crippen molar-refractivity contribution in [2.24, 2.45) is 22.7 Å². The summed E-state index contributed by atoms with van der Waals surface area (Å²) < 4.78 is 0. The number of aromatic hydroxyl groups is 1. The molecule has 206 valence electrons. The van der Waals surface area contributed by atoms with Gasteiger partial charge in [-0.1, -0.05) is 67.5 Å². The molecule has 0 heterocycles. The van der Waals surface area contributed by atoms with Gasteiger partial charge in [-0.25, -0.2) is 0 Å². The minimum atomic E-state index is -2.88. The number of carbonyl (C=O) groups excluding carboxylic acids is 3. The number of ketones is 3. The van der Waals surface area contributed by atoms with Crippen LogP contribution in [0.4, 0.5) is 0 Å². The number of phenolic OH excluding ortho intramolecular Hbond substituents is 1. The van der Waals surface area contributed by atoms with E-state index in [1.165, 1.54) is 6.92 Å². The lowest BCUT2D eigenvalue weighted by Gasteiger charge is -2.63. The fourth-order valence-electron chi connectivity index (χ4n) is 7.53. The molecule has 1 aromatic carbocycles. The van der Waals surface area contributed by atoms with E-state index in [1.54, 1.807) is 39.8 Å². The molecule has 38 heavy (non-hydrogen) atoms. The number of phenols is 1. The van der Waals surface area contributed by atoms with E-state index in [2.05, 4.69) is 0 Å². The number of benzene rings is 1. The van der Waals surface area contributed by atoms with Gasteiger partial charge in [-0.2, -0.15) is 0 Å². The van der Waals surface area contributed by atoms with Crippen LogP contribution < -0.4 is 0 Å². The zero-order chi connectivity index (χ0) is 29.1. The summed E-state index contributed by atoms with van der Waals surface area (Å²) in [6.45, 7) is 14.8. The number of fused-ring (bicyclic) bond motifs is 3. The number of hydrogen-bond acceptors (Lipinski definition) is 8. The Bertz CT molecular complexity index is 1360. The van der Waals surface area contributed by atoms with Gasteiger partial charge in [-0.3, -0.25) is 14.4 Å². The van der Waals surface area contributed by atoms with Crippen LogP contribution in [0.2, 0.25) is 0 Å². The number of aliphatic hydroxyl groups is 4. The van der Waals surface area contributed by atoms with Crippen LogP contribution in [0.15, 0.2) is 29.0 Å². The van der Waals surface area contributed by atoms with E-state index in [-0.39, 0.29) is 16.9 Å². The second kappa shape index (κ2) is 8.02. The van der Waals surface area contributed by atoms with Gasteiger partial charge < -0.3 is 25.5 Å². The maximum atomic E-state index is 14.4. The van der Waals surface area contributed by atoms with Crippen molar-refractivity contribution in [3.05, 3.63) is 45.7 Å². The molecule has 3 aliphatic rings. The van der Waals surface area contributed by atoms with Gasteiger partial charge in [0, 0.05) is 22.3 Å². The number of aliphatic hydroxyl groups excluding tert-OH is 3. The maximum Gasteiger partial charge on any atom is 0.203 e. The van der Waals surface area contributed by atoms with E-state index >= 15 is 0 Å². The third-order valence-corrected chi connectivity index (χ3v) is 9.64. The Morgan fingerprint density at radius 3 is 2.08 bits per heavy atom. The highest BCUT2D eigenvalue weighted by atomic mass is 16.4. The van der Waals surface area contributed by atoms with Crippen LogP contribution in [0.25, 0.3) is 5.76 Å². The lowest BCUT2D eigenvalue weighted by Crippen LogP contribution is -2.75. The summed E-state index contributed by atoms with van der Waals surface area (Å²) in [5.41, 5.74) is -6.87. The third-order valence-electron chi connectivity index (χ3n) is 9.64. The van der Waals surface area contributed by atoms with E-state index < -0.39 is 80.1 Å². The van der Waals surface area contributed by atoms with E-state index in [0.717, 1.165) is 6.92 Å². The van der Waals surface area contributed by atoms with Crippen molar-refractivity contribution in [1.82, 2.24) is 0 Å². The van der Waals surface area contributed by atoms with Crippen molar-refractivity contribution < 1.29 is 39.9 Å². The smallest absolute Gasteiger partial charge is 0.203 e. The molecule has 0 aromatic heterocycles. The van der Waals surface area contributed by atoms with Crippen LogP contribution >= 0.6 is 0 Å². The molecular formula is C30H38O8. The van der Waals surface area contributed by atoms with Crippen LogP contribution in [0.5, 0.6) is 5.75 Å². The van der Waals surface area contributed by atoms with Gasteiger partial charge in [-0.15, -0.1) is 0 Å². The zero-order valence-corrected chi connectivity index (χ0v) is 23.4. The summed E-state index contributed by atoms with van der Waals surface area (Å²) in [6, 6.07) is 3.49. The molecule has 0 bridgehead atoms. The average Bonchev–Trinajstić information content (AvgIpc) is 2.78. The van der Waals surface area contributed by atoms with Gasteiger partial charge in [0.1, 0.15) is 22.8 Å². The van der Waals surface area contributed by atoms with Crippen LogP contribution in [0.3, 0.4) is 0 Å². The summed E-state index contributed by atoms with van der Waals surface area (Å²) in [6.07, 6.45) is -1.63. The molecule has 4 rings (SSSR count). The first-order chi connectivity index (χ1) is 17.2. The average molecular weight is 527 g/mol. The van der Waals surface area contributed by atoms with E-state index in [0.29, 0.717) is 11.1 Å². The van der Waals surface area contributed by atoms with Gasteiger partial charge in [0.2, 0.25) is 5.78 Å². The molecule has 1 unspecified atom stereocenters. The predicted molar refractivity (Wildman–Crippen MR) is 141 cm³/mol. The topological polar surface area (TPSA) is 152 Å². The Labute approximate surface area is 222 Å². The summed E-state index contributed by atoms with van der Waals surface area (Å²) in [5.74, 6) is -7.03. The molecule has 1 saturated carbocycles. The lowest BCUT2D eigenvalue weighted by molar-refractivity contribution is -0.215. The molecule has 1 fully saturated rings. The minimum absolute atomic E-state index is 0.0210. The molecule has 8 heteroatoms. The Kier molecular flexibility index (Phi) is 5.92. The first-order valence-electron chi connectivity index (χ1n) is 13.0. The molecule has 3 aliphatic carbocycles. The van der Waals surface area contributed by atoms with Crippen LogP contribution in [0.1, 0.15) is 84.9 Å². The third kappa shape index (κ3) is 2.96. The Balaban J connectivity index is 2.17. The molecule has 0 saturated heterocycles. The Morgan fingerprint density at radius 2 is 1.61 bits per heavy atom. The van der Waals surface area contributed by atoms with E-state index in [4.69, 9.17) is 0 Å². The summed E-state index contributed by atoms with van der Waals surface area (Å²) >= 11 is 0. The predicted octanol–water partition coefficient (Wildman–Crippen LogP) is 4.02. The number of rotatable bonds is 2. The van der Waals surface area contributed by atoms with Crippen molar-refractivity contribution >= 4 is 23.1 Å². The molecule has 6 atom stereocenters. The van der Waals surface area contributed by atoms with Gasteiger partial charge in [0.15, 0.2) is 17.2 Å². The van der Waals surface area contributed by atoms with Crippen molar-refractivity contribution in [3.63, 3.8) is 0 Å². The lowest BCUT2D eigenvalue weighted by atomic mass is 9.40. The molecule has 5 N–H and O–H groups in total. The van der Waals surface area contributed by atoms with Crippen molar-refractivity contribution in [2.45, 2.75) is 85.4 Å². The minimum Gasteiger partial charge on any atom is -0.508 e. The SMILES string of the molecule is CC(=O)C1=C(O)[C@]2(O)C(=O)C3=C(O)c4c(ccc(C(C)(C)C)c4O)[C@@H](C)[C@]3(C)[C@@H](O)[C@]2(C)C(C(C)C)C1=O. The molecule has 0 spiro atoms. The summed E-state index contributed by atoms with van der Waals surface area (Å²) in [4.78, 5) is 40.5. The van der Waals surface area contributed by atoms with Crippen LogP contribution in [0, 0.1) is 22.7 Å². The normalized spacial score (nSPS) is 35.3. The van der Waals surface area contributed by atoms with Crippen molar-refractivity contribution in [2.75, 3.05) is 0 Å². The van der Waals surface area contributed by atoms with Gasteiger partial charge in [-0.05, 0) is 29.7 Å².